The third kappa shape index (κ3) is 2.51. The number of rotatable bonds is 2. The monoisotopic (exact) mass is 259 g/mol. The molecule has 102 valence electrons. The van der Waals surface area contributed by atoms with Gasteiger partial charge in [0.2, 0.25) is 5.91 Å². The van der Waals surface area contributed by atoms with Crippen molar-refractivity contribution in [1.29, 1.82) is 0 Å². The normalized spacial score (nSPS) is 25.1. The lowest BCUT2D eigenvalue weighted by molar-refractivity contribution is -0.135. The minimum atomic E-state index is -0.519. The zero-order chi connectivity index (χ0) is 13.2. The molecular formula is C15H21N3O. The van der Waals surface area contributed by atoms with Gasteiger partial charge in [-0.3, -0.25) is 9.69 Å². The molecule has 2 aliphatic rings. The number of hydrogen-bond donors (Lipinski definition) is 1. The highest BCUT2D eigenvalue weighted by molar-refractivity contribution is 5.83. The summed E-state index contributed by atoms with van der Waals surface area (Å²) in [5, 5.41) is 0. The van der Waals surface area contributed by atoms with Gasteiger partial charge in [-0.25, -0.2) is 0 Å². The van der Waals surface area contributed by atoms with Crippen LogP contribution in [0.5, 0.6) is 0 Å². The Morgan fingerprint density at radius 1 is 1.21 bits per heavy atom. The summed E-state index contributed by atoms with van der Waals surface area (Å²) in [7, 11) is 0. The third-order valence-electron chi connectivity index (χ3n) is 4.32. The van der Waals surface area contributed by atoms with E-state index >= 15 is 0 Å². The fraction of sp³-hybridized carbons (Fsp3) is 0.533. The van der Waals surface area contributed by atoms with E-state index in [1.54, 1.807) is 0 Å². The molecule has 1 aromatic carbocycles. The Hall–Kier alpha value is -1.39. The molecule has 4 nitrogen and oxygen atoms in total. The first-order valence-electron chi connectivity index (χ1n) is 7.09. The largest absolute Gasteiger partial charge is 0.338 e. The summed E-state index contributed by atoms with van der Waals surface area (Å²) in [4.78, 5) is 16.9. The maximum Gasteiger partial charge on any atom is 0.244 e. The van der Waals surface area contributed by atoms with Gasteiger partial charge in [0.05, 0.1) is 0 Å². The van der Waals surface area contributed by atoms with Crippen molar-refractivity contribution < 1.29 is 4.79 Å². The molecule has 0 radical (unpaired) electrons. The van der Waals surface area contributed by atoms with Crippen LogP contribution < -0.4 is 5.73 Å². The van der Waals surface area contributed by atoms with E-state index in [2.05, 4.69) is 4.90 Å². The van der Waals surface area contributed by atoms with Crippen LogP contribution in [0.15, 0.2) is 30.3 Å². The fourth-order valence-corrected chi connectivity index (χ4v) is 3.19. The number of nitrogens with zero attached hydrogens (tertiary/aromatic N) is 2. The summed E-state index contributed by atoms with van der Waals surface area (Å²) in [6.07, 6.45) is 2.47. The van der Waals surface area contributed by atoms with E-state index in [-0.39, 0.29) is 5.91 Å². The summed E-state index contributed by atoms with van der Waals surface area (Å²) in [5.74, 6) is 0.0674. The van der Waals surface area contributed by atoms with Crippen molar-refractivity contribution in [2.45, 2.75) is 24.9 Å². The second kappa shape index (κ2) is 5.31. The Morgan fingerprint density at radius 2 is 2.00 bits per heavy atom. The van der Waals surface area contributed by atoms with Crippen LogP contribution in [0.25, 0.3) is 0 Å². The number of benzene rings is 1. The van der Waals surface area contributed by atoms with Crippen LogP contribution in [0.1, 0.15) is 24.4 Å². The molecule has 0 bridgehead atoms. The van der Waals surface area contributed by atoms with E-state index in [0.717, 1.165) is 25.2 Å². The molecular weight excluding hydrogens is 238 g/mol. The predicted molar refractivity (Wildman–Crippen MR) is 74.5 cm³/mol. The van der Waals surface area contributed by atoms with Gasteiger partial charge in [0, 0.05) is 25.7 Å². The smallest absolute Gasteiger partial charge is 0.244 e. The second-order valence-corrected chi connectivity index (χ2v) is 5.50. The topological polar surface area (TPSA) is 49.6 Å². The first-order chi connectivity index (χ1) is 9.25. The van der Waals surface area contributed by atoms with Gasteiger partial charge in [-0.2, -0.15) is 0 Å². The van der Waals surface area contributed by atoms with Crippen molar-refractivity contribution in [3.63, 3.8) is 0 Å². The average molecular weight is 259 g/mol. The summed E-state index contributed by atoms with van der Waals surface area (Å²) in [5.41, 5.74) is 7.01. The minimum Gasteiger partial charge on any atom is -0.338 e. The lowest BCUT2D eigenvalue weighted by Gasteiger charge is -2.38. The van der Waals surface area contributed by atoms with Crippen molar-refractivity contribution in [3.8, 4) is 0 Å². The van der Waals surface area contributed by atoms with Crippen LogP contribution in [0, 0.1) is 0 Å². The summed E-state index contributed by atoms with van der Waals surface area (Å²) in [6.45, 7) is 3.85. The van der Waals surface area contributed by atoms with Gasteiger partial charge in [0.15, 0.2) is 0 Å². The molecule has 2 aliphatic heterocycles. The van der Waals surface area contributed by atoms with Gasteiger partial charge >= 0.3 is 0 Å². The van der Waals surface area contributed by atoms with Crippen LogP contribution in [0.2, 0.25) is 0 Å². The van der Waals surface area contributed by atoms with E-state index in [0.29, 0.717) is 6.04 Å². The van der Waals surface area contributed by atoms with Crippen molar-refractivity contribution in [3.05, 3.63) is 35.9 Å². The number of nitrogens with two attached hydrogens (primary N) is 1. The quantitative estimate of drug-likeness (QED) is 0.862. The molecule has 2 saturated heterocycles. The van der Waals surface area contributed by atoms with Crippen LogP contribution >= 0.6 is 0 Å². The van der Waals surface area contributed by atoms with E-state index in [9.17, 15) is 4.79 Å². The minimum absolute atomic E-state index is 0.0674. The molecule has 19 heavy (non-hydrogen) atoms. The maximum atomic E-state index is 12.5. The van der Waals surface area contributed by atoms with E-state index in [1.807, 2.05) is 35.2 Å². The molecule has 1 unspecified atom stereocenters. The summed E-state index contributed by atoms with van der Waals surface area (Å²) < 4.78 is 0. The van der Waals surface area contributed by atoms with Crippen LogP contribution in [0.3, 0.4) is 0 Å². The SMILES string of the molecule is N[C@@H](C(=O)N1CCN2CCCC2C1)c1ccccc1. The van der Waals surface area contributed by atoms with Crippen molar-refractivity contribution in [2.24, 2.45) is 5.73 Å². The number of amides is 1. The Balaban J connectivity index is 1.67. The molecule has 2 fully saturated rings. The molecule has 1 aromatic rings. The fourth-order valence-electron chi connectivity index (χ4n) is 3.19. The van der Waals surface area contributed by atoms with Gasteiger partial charge in [0.1, 0.15) is 6.04 Å². The summed E-state index contributed by atoms with van der Waals surface area (Å²) >= 11 is 0. The highest BCUT2D eigenvalue weighted by Gasteiger charge is 2.34. The second-order valence-electron chi connectivity index (χ2n) is 5.50. The molecule has 3 rings (SSSR count). The number of carbonyl (C=O) groups excluding carboxylic acids is 1. The molecule has 2 heterocycles. The molecule has 4 heteroatoms. The molecule has 0 aromatic heterocycles. The number of carbonyl (C=O) groups is 1. The van der Waals surface area contributed by atoms with Crippen molar-refractivity contribution in [1.82, 2.24) is 9.80 Å². The Morgan fingerprint density at radius 3 is 2.79 bits per heavy atom. The zero-order valence-electron chi connectivity index (χ0n) is 11.2. The van der Waals surface area contributed by atoms with E-state index < -0.39 is 6.04 Å². The first-order valence-corrected chi connectivity index (χ1v) is 7.09. The Labute approximate surface area is 114 Å². The maximum absolute atomic E-state index is 12.5. The van der Waals surface area contributed by atoms with E-state index in [1.165, 1.54) is 19.4 Å². The van der Waals surface area contributed by atoms with Crippen LogP contribution in [-0.4, -0.2) is 47.9 Å². The van der Waals surface area contributed by atoms with Gasteiger partial charge in [0.25, 0.3) is 0 Å². The first kappa shape index (κ1) is 12.6. The van der Waals surface area contributed by atoms with Gasteiger partial charge in [-0.05, 0) is 24.9 Å². The molecule has 1 amide bonds. The van der Waals surface area contributed by atoms with Gasteiger partial charge in [-0.15, -0.1) is 0 Å². The average Bonchev–Trinajstić information content (AvgIpc) is 2.94. The standard InChI is InChI=1S/C15H21N3O/c16-14(12-5-2-1-3-6-12)15(19)18-10-9-17-8-4-7-13(17)11-18/h1-3,5-6,13-14H,4,7-11,16H2/t13?,14-/m1/s1. The number of hydrogen-bond acceptors (Lipinski definition) is 3. The molecule has 2 N–H and O–H groups in total. The Kier molecular flexibility index (Phi) is 3.53. The third-order valence-corrected chi connectivity index (χ3v) is 4.32. The van der Waals surface area contributed by atoms with E-state index in [4.69, 9.17) is 5.73 Å². The van der Waals surface area contributed by atoms with Crippen molar-refractivity contribution in [2.75, 3.05) is 26.2 Å². The highest BCUT2D eigenvalue weighted by Crippen LogP contribution is 2.23. The molecule has 0 aliphatic carbocycles. The van der Waals surface area contributed by atoms with Crippen molar-refractivity contribution >= 4 is 5.91 Å². The molecule has 2 atom stereocenters. The van der Waals surface area contributed by atoms with Crippen LogP contribution in [0.4, 0.5) is 0 Å². The lowest BCUT2D eigenvalue weighted by Crippen LogP contribution is -2.53. The lowest BCUT2D eigenvalue weighted by atomic mass is 10.1. The van der Waals surface area contributed by atoms with Gasteiger partial charge in [-0.1, -0.05) is 30.3 Å². The summed E-state index contributed by atoms with van der Waals surface area (Å²) in [6, 6.07) is 9.69. The number of piperazine rings is 1. The Bertz CT molecular complexity index is 448. The van der Waals surface area contributed by atoms with Gasteiger partial charge < -0.3 is 10.6 Å². The van der Waals surface area contributed by atoms with Crippen LogP contribution in [-0.2, 0) is 4.79 Å². The highest BCUT2D eigenvalue weighted by atomic mass is 16.2. The zero-order valence-corrected chi connectivity index (χ0v) is 11.2. The predicted octanol–water partition coefficient (Wildman–Crippen LogP) is 0.993. The molecule has 0 saturated carbocycles. The number of fused-ring (bicyclic) bond motifs is 1. The molecule has 0 spiro atoms.